The van der Waals surface area contributed by atoms with E-state index in [1.165, 1.54) is 12.1 Å². The Labute approximate surface area is 195 Å². The molecule has 0 spiro atoms. The molecule has 1 aliphatic heterocycles. The molecule has 0 saturated carbocycles. The minimum atomic E-state index is -4.22. The molecule has 1 aromatic heterocycles. The summed E-state index contributed by atoms with van der Waals surface area (Å²) in [5, 5.41) is 5.81. The van der Waals surface area contributed by atoms with Crippen molar-refractivity contribution in [2.24, 2.45) is 5.10 Å². The Balaban J connectivity index is 1.53. The number of anilines is 1. The van der Waals surface area contributed by atoms with Crippen molar-refractivity contribution in [3.8, 4) is 0 Å². The molecule has 0 fully saturated rings. The molecule has 0 bridgehead atoms. The van der Waals surface area contributed by atoms with E-state index in [9.17, 15) is 26.8 Å². The van der Waals surface area contributed by atoms with E-state index in [1.807, 2.05) is 0 Å². The lowest BCUT2D eigenvalue weighted by Gasteiger charge is -2.11. The van der Waals surface area contributed by atoms with Crippen LogP contribution in [0.5, 0.6) is 0 Å². The summed E-state index contributed by atoms with van der Waals surface area (Å²) < 4.78 is 55.5. The number of rotatable bonds is 5. The van der Waals surface area contributed by atoms with Crippen molar-refractivity contribution < 1.29 is 31.8 Å². The fourth-order valence-corrected chi connectivity index (χ4v) is 5.50. The highest BCUT2D eigenvalue weighted by Gasteiger charge is 2.37. The van der Waals surface area contributed by atoms with Gasteiger partial charge < -0.3 is 5.32 Å². The van der Waals surface area contributed by atoms with Crippen molar-refractivity contribution in [1.29, 1.82) is 0 Å². The lowest BCUT2D eigenvalue weighted by molar-refractivity contribution is -0.754. The van der Waals surface area contributed by atoms with Gasteiger partial charge in [0.05, 0.1) is 4.34 Å². The number of nitrogens with zero attached hydrogens (tertiary/aromatic N) is 1. The zero-order valence-electron chi connectivity index (χ0n) is 16.4. The quantitative estimate of drug-likeness (QED) is 0.489. The Morgan fingerprint density at radius 1 is 1.09 bits per heavy atom. The van der Waals surface area contributed by atoms with Gasteiger partial charge in [-0.1, -0.05) is 47.0 Å². The molecule has 0 aliphatic carbocycles. The van der Waals surface area contributed by atoms with Crippen molar-refractivity contribution in [3.63, 3.8) is 0 Å². The second-order valence-corrected chi connectivity index (χ2v) is 10.4. The smallest absolute Gasteiger partial charge is 0.307 e. The molecule has 3 amide bonds. The van der Waals surface area contributed by atoms with Gasteiger partial charge >= 0.3 is 11.9 Å². The number of nitrogens with one attached hydrogen (secondary N) is 3. The molecule has 170 valence electrons. The van der Waals surface area contributed by atoms with Gasteiger partial charge in [-0.25, -0.2) is 31.5 Å². The van der Waals surface area contributed by atoms with Gasteiger partial charge in [0.2, 0.25) is 5.69 Å². The summed E-state index contributed by atoms with van der Waals surface area (Å²) in [4.78, 5) is 24.4. The van der Waals surface area contributed by atoms with Gasteiger partial charge in [0.15, 0.2) is 11.6 Å². The highest BCUT2D eigenvalue weighted by Crippen LogP contribution is 2.26. The molecule has 3 aromatic rings. The highest BCUT2D eigenvalue weighted by molar-refractivity contribution is 7.92. The van der Waals surface area contributed by atoms with Crippen LogP contribution in [0.2, 0.25) is 4.34 Å². The minimum Gasteiger partial charge on any atom is -0.307 e. The van der Waals surface area contributed by atoms with Gasteiger partial charge in [-0.05, 0) is 12.1 Å². The summed E-state index contributed by atoms with van der Waals surface area (Å²) in [5.41, 5.74) is 0.0569. The van der Waals surface area contributed by atoms with Crippen LogP contribution < -0.4 is 15.0 Å². The molecular formula is C20H14ClF2N4O4S2+. The third-order valence-corrected chi connectivity index (χ3v) is 7.58. The van der Waals surface area contributed by atoms with E-state index < -0.39 is 39.3 Å². The molecule has 13 heteroatoms. The van der Waals surface area contributed by atoms with E-state index in [0.717, 1.165) is 23.5 Å². The Bertz CT molecular complexity index is 1370. The van der Waals surface area contributed by atoms with Crippen molar-refractivity contribution in [2.75, 3.05) is 5.32 Å². The fraction of sp³-hybridized carbons (Fsp3) is 0.0500. The second-order valence-electron chi connectivity index (χ2n) is 6.81. The molecule has 1 unspecified atom stereocenters. The SMILES string of the molecule is O=C(Nc1cc(F)c([NH+]2N=C(c3ccccc3)CC2=O)c(F)c1)NS(=O)(=O)c1ccc(Cl)s1. The third kappa shape index (κ3) is 4.93. The summed E-state index contributed by atoms with van der Waals surface area (Å²) in [6, 6.07) is 11.6. The van der Waals surface area contributed by atoms with Crippen LogP contribution in [0.4, 0.5) is 25.0 Å². The van der Waals surface area contributed by atoms with Gasteiger partial charge in [-0.15, -0.1) is 16.3 Å². The molecule has 3 N–H and O–H groups in total. The Morgan fingerprint density at radius 2 is 1.76 bits per heavy atom. The first-order valence-electron chi connectivity index (χ1n) is 9.26. The van der Waals surface area contributed by atoms with Gasteiger partial charge in [0.1, 0.15) is 16.3 Å². The van der Waals surface area contributed by atoms with Crippen LogP contribution >= 0.6 is 22.9 Å². The number of benzene rings is 2. The van der Waals surface area contributed by atoms with E-state index >= 15 is 0 Å². The lowest BCUT2D eigenvalue weighted by Crippen LogP contribution is -3.04. The summed E-state index contributed by atoms with van der Waals surface area (Å²) in [7, 11) is -4.22. The molecule has 0 radical (unpaired) electrons. The van der Waals surface area contributed by atoms with Crippen molar-refractivity contribution in [2.45, 2.75) is 10.6 Å². The molecule has 2 aromatic carbocycles. The zero-order chi connectivity index (χ0) is 23.8. The minimum absolute atomic E-state index is 0.106. The predicted molar refractivity (Wildman–Crippen MR) is 118 cm³/mol. The maximum atomic E-state index is 14.7. The monoisotopic (exact) mass is 511 g/mol. The van der Waals surface area contributed by atoms with Crippen LogP contribution in [-0.4, -0.2) is 26.1 Å². The average Bonchev–Trinajstić information content (AvgIpc) is 3.34. The van der Waals surface area contributed by atoms with E-state index in [0.29, 0.717) is 11.3 Å². The zero-order valence-corrected chi connectivity index (χ0v) is 18.8. The Morgan fingerprint density at radius 3 is 2.36 bits per heavy atom. The summed E-state index contributed by atoms with van der Waals surface area (Å²) in [6.45, 7) is 0. The normalized spacial score (nSPS) is 15.9. The van der Waals surface area contributed by atoms with Crippen LogP contribution in [0.1, 0.15) is 12.0 Å². The topological polar surface area (TPSA) is 109 Å². The fourth-order valence-electron chi connectivity index (χ4n) is 3.11. The van der Waals surface area contributed by atoms with E-state index in [1.54, 1.807) is 35.1 Å². The van der Waals surface area contributed by atoms with Crippen molar-refractivity contribution >= 4 is 62.0 Å². The Hall–Kier alpha value is -3.19. The molecule has 1 atom stereocenters. The van der Waals surface area contributed by atoms with Crippen LogP contribution in [-0.2, 0) is 14.8 Å². The lowest BCUT2D eigenvalue weighted by atomic mass is 10.1. The van der Waals surface area contributed by atoms with Crippen LogP contribution in [0.25, 0.3) is 0 Å². The number of quaternary nitrogens is 1. The molecule has 4 rings (SSSR count). The maximum absolute atomic E-state index is 14.7. The highest BCUT2D eigenvalue weighted by atomic mass is 35.5. The van der Waals surface area contributed by atoms with Crippen molar-refractivity contribution in [1.82, 2.24) is 4.72 Å². The molecular weight excluding hydrogens is 498 g/mol. The Kier molecular flexibility index (Phi) is 6.26. The van der Waals surface area contributed by atoms with E-state index in [4.69, 9.17) is 11.6 Å². The van der Waals surface area contributed by atoms with Crippen LogP contribution in [0, 0.1) is 11.6 Å². The van der Waals surface area contributed by atoms with Crippen molar-refractivity contribution in [3.05, 3.63) is 76.1 Å². The summed E-state index contributed by atoms with van der Waals surface area (Å²) >= 11 is 6.43. The van der Waals surface area contributed by atoms with Gasteiger partial charge in [-0.3, -0.25) is 0 Å². The van der Waals surface area contributed by atoms with E-state index in [-0.39, 0.29) is 25.7 Å². The van der Waals surface area contributed by atoms with E-state index in [2.05, 4.69) is 10.4 Å². The number of carbonyl (C=O) groups is 2. The number of carbonyl (C=O) groups excluding carboxylic acids is 2. The van der Waals surface area contributed by atoms with Crippen LogP contribution in [0.15, 0.2) is 63.9 Å². The number of amides is 3. The second kappa shape index (κ2) is 8.98. The number of sulfonamides is 1. The van der Waals surface area contributed by atoms with Gasteiger partial charge in [-0.2, -0.15) is 0 Å². The standard InChI is InChI=1S/C20H13ClF2N4O4S2/c21-16-6-7-18(32-16)33(30,31)26-20(29)24-12-8-13(22)19(14(23)9-12)27-17(28)10-15(25-27)11-4-2-1-3-5-11/h1-9H,10H2,(H2,24,26,29)/p+1. The summed E-state index contributed by atoms with van der Waals surface area (Å²) in [6.07, 6.45) is -0.106. The molecule has 1 aliphatic rings. The number of urea groups is 1. The molecule has 8 nitrogen and oxygen atoms in total. The molecule has 0 saturated heterocycles. The summed E-state index contributed by atoms with van der Waals surface area (Å²) in [5.74, 6) is -2.83. The number of hydrogen-bond acceptors (Lipinski definition) is 6. The van der Waals surface area contributed by atoms with Gasteiger partial charge in [0, 0.05) is 23.4 Å². The number of halogens is 3. The first kappa shape index (κ1) is 23.0. The van der Waals surface area contributed by atoms with Gasteiger partial charge in [0.25, 0.3) is 10.0 Å². The maximum Gasteiger partial charge on any atom is 0.349 e. The predicted octanol–water partition coefficient (Wildman–Crippen LogP) is 3.04. The third-order valence-electron chi connectivity index (χ3n) is 4.52. The first-order chi connectivity index (χ1) is 15.6. The molecule has 33 heavy (non-hydrogen) atoms. The molecule has 2 heterocycles. The first-order valence-corrected chi connectivity index (χ1v) is 11.9. The largest absolute Gasteiger partial charge is 0.349 e. The number of thiophene rings is 1. The van der Waals surface area contributed by atoms with Crippen LogP contribution in [0.3, 0.4) is 0 Å². The number of hydrogen-bond donors (Lipinski definition) is 3. The average molecular weight is 512 g/mol.